The lowest BCUT2D eigenvalue weighted by atomic mass is 10.0. The number of carbonyl (C=O) groups is 1. The molecule has 0 aliphatic rings. The number of carboxylic acid groups (broad SMARTS) is 1. The number of nitrogens with zero attached hydrogens (tertiary/aromatic N) is 2. The molecule has 3 aromatic rings. The summed E-state index contributed by atoms with van der Waals surface area (Å²) in [4.78, 5) is 11.2. The molecule has 0 spiro atoms. The molecule has 1 heterocycles. The second kappa shape index (κ2) is 8.68. The minimum atomic E-state index is -0.912. The van der Waals surface area contributed by atoms with Crippen LogP contribution in [0.3, 0.4) is 0 Å². The number of rotatable bonds is 8. The molecule has 0 aliphatic carbocycles. The Morgan fingerprint density at radius 2 is 1.52 bits per heavy atom. The number of ether oxygens (including phenoxy) is 2. The zero-order chi connectivity index (χ0) is 21.0. The van der Waals surface area contributed by atoms with Crippen molar-refractivity contribution in [3.63, 3.8) is 0 Å². The van der Waals surface area contributed by atoms with Crippen LogP contribution in [0.1, 0.15) is 19.2 Å². The largest absolute Gasteiger partial charge is 0.710 e. The van der Waals surface area contributed by atoms with Crippen LogP contribution in [0.15, 0.2) is 48.5 Å². The molecule has 1 N–H and O–H groups in total. The number of aromatic nitrogens is 2. The summed E-state index contributed by atoms with van der Waals surface area (Å²) in [5.74, 6) is 1.00. The van der Waals surface area contributed by atoms with E-state index in [9.17, 15) is 15.1 Å². The Bertz CT molecular complexity index is 992. The molecule has 0 bridgehead atoms. The van der Waals surface area contributed by atoms with Crippen LogP contribution in [0.25, 0.3) is 22.5 Å². The Hall–Kier alpha value is -3.48. The van der Waals surface area contributed by atoms with Gasteiger partial charge in [-0.3, -0.25) is 4.79 Å². The number of methoxy groups -OCH3 is 2. The number of aliphatic carboxylic acids is 1. The van der Waals surface area contributed by atoms with Gasteiger partial charge in [-0.25, -0.2) is 9.30 Å². The second-order valence-electron chi connectivity index (χ2n) is 6.51. The molecule has 0 saturated carbocycles. The predicted octanol–water partition coefficient (Wildman–Crippen LogP) is 3.51. The molecule has 0 radical (unpaired) electrons. The van der Waals surface area contributed by atoms with Gasteiger partial charge in [0.15, 0.2) is 11.4 Å². The first-order valence-electron chi connectivity index (χ1n) is 9.35. The summed E-state index contributed by atoms with van der Waals surface area (Å²) in [6.45, 7) is 2.09. The quantitative estimate of drug-likeness (QED) is 0.465. The van der Waals surface area contributed by atoms with Gasteiger partial charge < -0.3 is 19.8 Å². The highest BCUT2D eigenvalue weighted by molar-refractivity contribution is 5.77. The van der Waals surface area contributed by atoms with Crippen molar-refractivity contribution in [1.82, 2.24) is 4.57 Å². The Morgan fingerprint density at radius 1 is 1.00 bits per heavy atom. The van der Waals surface area contributed by atoms with E-state index in [0.717, 1.165) is 15.9 Å². The minimum absolute atomic E-state index is 0.0765. The van der Waals surface area contributed by atoms with Gasteiger partial charge in [-0.1, -0.05) is 6.92 Å². The van der Waals surface area contributed by atoms with Crippen LogP contribution in [0, 0.1) is 5.21 Å². The van der Waals surface area contributed by atoms with Crippen molar-refractivity contribution in [3.8, 4) is 34.0 Å². The van der Waals surface area contributed by atoms with E-state index in [0.29, 0.717) is 35.1 Å². The van der Waals surface area contributed by atoms with Crippen molar-refractivity contribution in [3.05, 3.63) is 59.6 Å². The summed E-state index contributed by atoms with van der Waals surface area (Å²) in [6.07, 6.45) is 0.398. The topological polar surface area (TPSA) is 87.6 Å². The molecule has 2 aromatic carbocycles. The van der Waals surface area contributed by atoms with Gasteiger partial charge >= 0.3 is 5.97 Å². The van der Waals surface area contributed by atoms with Crippen molar-refractivity contribution < 1.29 is 24.1 Å². The smallest absolute Gasteiger partial charge is 0.307 e. The highest BCUT2D eigenvalue weighted by atomic mass is 16.5. The number of benzene rings is 2. The molecule has 0 unspecified atom stereocenters. The van der Waals surface area contributed by atoms with E-state index in [1.165, 1.54) is 0 Å². The molecular weight excluding hydrogens is 372 g/mol. The predicted molar refractivity (Wildman–Crippen MR) is 109 cm³/mol. The summed E-state index contributed by atoms with van der Waals surface area (Å²) in [6, 6.07) is 14.6. The maximum atomic E-state index is 13.2. The molecule has 29 heavy (non-hydrogen) atoms. The van der Waals surface area contributed by atoms with Crippen LogP contribution < -0.4 is 14.2 Å². The van der Waals surface area contributed by atoms with Crippen LogP contribution in [0.4, 0.5) is 0 Å². The third-order valence-electron chi connectivity index (χ3n) is 4.84. The van der Waals surface area contributed by atoms with E-state index in [-0.39, 0.29) is 13.0 Å². The third-order valence-corrected chi connectivity index (χ3v) is 4.84. The fourth-order valence-corrected chi connectivity index (χ4v) is 3.42. The van der Waals surface area contributed by atoms with Crippen molar-refractivity contribution in [2.45, 2.75) is 26.3 Å². The normalized spacial score (nSPS) is 10.7. The van der Waals surface area contributed by atoms with Crippen LogP contribution in [0.2, 0.25) is 0 Å². The van der Waals surface area contributed by atoms with Crippen molar-refractivity contribution in [1.29, 1.82) is 0 Å². The SMILES string of the molecule is CCc1n(CCC(=O)O)c(-c2ccc(OC)cc2)c(-c2ccc(OC)cc2)[n+]1[O-]. The second-order valence-corrected chi connectivity index (χ2v) is 6.51. The maximum absolute atomic E-state index is 13.2. The van der Waals surface area contributed by atoms with Gasteiger partial charge in [-0.2, -0.15) is 0 Å². The lowest BCUT2D eigenvalue weighted by Gasteiger charge is -2.08. The monoisotopic (exact) mass is 396 g/mol. The van der Waals surface area contributed by atoms with E-state index in [1.54, 1.807) is 26.4 Å². The summed E-state index contributed by atoms with van der Waals surface area (Å²) < 4.78 is 13.2. The molecular formula is C22H24N2O5. The molecule has 0 atom stereocenters. The summed E-state index contributed by atoms with van der Waals surface area (Å²) >= 11 is 0. The lowest BCUT2D eigenvalue weighted by molar-refractivity contribution is -0.602. The van der Waals surface area contributed by atoms with Gasteiger partial charge in [0.1, 0.15) is 18.0 Å². The van der Waals surface area contributed by atoms with Crippen LogP contribution in [0.5, 0.6) is 11.5 Å². The molecule has 3 rings (SSSR count). The van der Waals surface area contributed by atoms with E-state index in [1.807, 2.05) is 47.9 Å². The van der Waals surface area contributed by atoms with Crippen LogP contribution >= 0.6 is 0 Å². The van der Waals surface area contributed by atoms with Crippen molar-refractivity contribution >= 4 is 5.97 Å². The van der Waals surface area contributed by atoms with Gasteiger partial charge in [-0.05, 0) is 48.5 Å². The Balaban J connectivity index is 2.25. The molecule has 7 heteroatoms. The average molecular weight is 396 g/mol. The van der Waals surface area contributed by atoms with Crippen LogP contribution in [-0.4, -0.2) is 29.9 Å². The summed E-state index contributed by atoms with van der Waals surface area (Å²) in [5, 5.41) is 22.4. The molecule has 0 aliphatic heterocycles. The number of imidazole rings is 1. The van der Waals surface area contributed by atoms with Gasteiger partial charge in [0.05, 0.1) is 20.6 Å². The fourth-order valence-electron chi connectivity index (χ4n) is 3.42. The number of hydrogen-bond acceptors (Lipinski definition) is 4. The third kappa shape index (κ3) is 4.03. The molecule has 1 aromatic heterocycles. The van der Waals surface area contributed by atoms with Gasteiger partial charge in [0, 0.05) is 17.5 Å². The summed E-state index contributed by atoms with van der Waals surface area (Å²) in [5.41, 5.74) is 2.72. The van der Waals surface area contributed by atoms with E-state index in [2.05, 4.69) is 0 Å². The van der Waals surface area contributed by atoms with Gasteiger partial charge in [0.2, 0.25) is 0 Å². The van der Waals surface area contributed by atoms with Gasteiger partial charge in [-0.15, -0.1) is 0 Å². The Labute approximate surface area is 169 Å². The van der Waals surface area contributed by atoms with Crippen molar-refractivity contribution in [2.24, 2.45) is 0 Å². The van der Waals surface area contributed by atoms with Crippen LogP contribution in [-0.2, 0) is 17.8 Å². The van der Waals surface area contributed by atoms with E-state index in [4.69, 9.17) is 9.47 Å². The first-order valence-corrected chi connectivity index (χ1v) is 9.35. The molecule has 0 amide bonds. The Morgan fingerprint density at radius 3 is 1.97 bits per heavy atom. The highest BCUT2D eigenvalue weighted by Crippen LogP contribution is 2.34. The zero-order valence-corrected chi connectivity index (χ0v) is 16.7. The maximum Gasteiger partial charge on any atom is 0.307 e. The van der Waals surface area contributed by atoms with E-state index < -0.39 is 5.97 Å². The summed E-state index contributed by atoms with van der Waals surface area (Å²) in [7, 11) is 3.18. The molecule has 0 fully saturated rings. The van der Waals surface area contributed by atoms with Crippen molar-refractivity contribution in [2.75, 3.05) is 14.2 Å². The molecule has 0 saturated heterocycles. The van der Waals surface area contributed by atoms with Gasteiger partial charge in [0.25, 0.3) is 5.82 Å². The fraction of sp³-hybridized carbons (Fsp3) is 0.273. The first kappa shape index (κ1) is 20.3. The highest BCUT2D eigenvalue weighted by Gasteiger charge is 2.29. The molecule has 152 valence electrons. The standard InChI is InChI=1S/C22H24N2O5/c1-4-19-23(14-13-20(25)26)21(15-5-9-17(28-2)10-6-15)22(24(19)27)16-7-11-18(29-3)12-8-16/h5-12H,4,13-14H2,1-3H3,(H,25,26). The lowest BCUT2D eigenvalue weighted by Crippen LogP contribution is -2.32. The number of hydrogen-bond donors (Lipinski definition) is 1. The molecule has 7 nitrogen and oxygen atoms in total. The zero-order valence-electron chi connectivity index (χ0n) is 16.7. The Kier molecular flexibility index (Phi) is 6.07. The van der Waals surface area contributed by atoms with E-state index >= 15 is 0 Å². The average Bonchev–Trinajstić information content (AvgIpc) is 3.03. The first-order chi connectivity index (χ1) is 14.0. The minimum Gasteiger partial charge on any atom is -0.710 e. The number of carboxylic acids is 1.